The molecule has 3 heterocycles. The molecule has 1 saturated heterocycles. The topological polar surface area (TPSA) is 98.6 Å². The van der Waals surface area contributed by atoms with Gasteiger partial charge in [-0.1, -0.05) is 30.0 Å². The molecule has 0 radical (unpaired) electrons. The van der Waals surface area contributed by atoms with Crippen molar-refractivity contribution in [3.8, 4) is 0 Å². The molecule has 1 unspecified atom stereocenters. The van der Waals surface area contributed by atoms with Crippen molar-refractivity contribution in [1.82, 2.24) is 9.97 Å². The predicted octanol–water partition coefficient (Wildman–Crippen LogP) is 3.01. The summed E-state index contributed by atoms with van der Waals surface area (Å²) in [4.78, 5) is 37.5. The number of benzene rings is 1. The summed E-state index contributed by atoms with van der Waals surface area (Å²) in [5.74, 6) is -1.38. The zero-order valence-corrected chi connectivity index (χ0v) is 15.0. The van der Waals surface area contributed by atoms with Crippen LogP contribution in [-0.4, -0.2) is 44.4 Å². The van der Waals surface area contributed by atoms with E-state index in [1.54, 1.807) is 23.4 Å². The SMILES string of the molecule is O=C(N=C1SCC(C(=O)O)CN1c1ccccc1)c1c[nH]c2ncccc12. The minimum atomic E-state index is -0.850. The molecule has 27 heavy (non-hydrogen) atoms. The third-order valence-electron chi connectivity index (χ3n) is 4.34. The highest BCUT2D eigenvalue weighted by molar-refractivity contribution is 8.14. The molecule has 2 aromatic heterocycles. The minimum Gasteiger partial charge on any atom is -0.481 e. The number of anilines is 1. The third-order valence-corrected chi connectivity index (χ3v) is 5.48. The number of aromatic amines is 1. The van der Waals surface area contributed by atoms with Gasteiger partial charge in [0.15, 0.2) is 5.17 Å². The molecule has 1 aliphatic rings. The maximum absolute atomic E-state index is 12.8. The monoisotopic (exact) mass is 380 g/mol. The molecular formula is C19H16N4O3S. The Labute approximate surface area is 159 Å². The van der Waals surface area contributed by atoms with E-state index in [0.717, 1.165) is 5.69 Å². The van der Waals surface area contributed by atoms with Crippen LogP contribution in [0.1, 0.15) is 10.4 Å². The van der Waals surface area contributed by atoms with E-state index >= 15 is 0 Å². The first-order valence-corrected chi connectivity index (χ1v) is 9.35. The van der Waals surface area contributed by atoms with Crippen LogP contribution in [0.2, 0.25) is 0 Å². The molecule has 2 N–H and O–H groups in total. The molecule has 0 spiro atoms. The summed E-state index contributed by atoms with van der Waals surface area (Å²) in [6, 6.07) is 13.0. The van der Waals surface area contributed by atoms with Crippen LogP contribution in [0.5, 0.6) is 0 Å². The Hall–Kier alpha value is -3.13. The Balaban J connectivity index is 1.69. The van der Waals surface area contributed by atoms with E-state index in [4.69, 9.17) is 0 Å². The van der Waals surface area contributed by atoms with Gasteiger partial charge < -0.3 is 15.0 Å². The van der Waals surface area contributed by atoms with Gasteiger partial charge in [0.05, 0.1) is 11.5 Å². The second-order valence-corrected chi connectivity index (χ2v) is 7.08. The number of fused-ring (bicyclic) bond motifs is 1. The van der Waals surface area contributed by atoms with Gasteiger partial charge in [0, 0.05) is 35.8 Å². The number of carbonyl (C=O) groups excluding carboxylic acids is 1. The fourth-order valence-corrected chi connectivity index (χ4v) is 4.03. The number of hydrogen-bond donors (Lipinski definition) is 2. The molecule has 1 aliphatic heterocycles. The van der Waals surface area contributed by atoms with E-state index in [0.29, 0.717) is 27.5 Å². The average molecular weight is 380 g/mol. The first kappa shape index (κ1) is 17.3. The maximum atomic E-state index is 12.8. The Morgan fingerprint density at radius 1 is 1.22 bits per heavy atom. The van der Waals surface area contributed by atoms with Crippen molar-refractivity contribution in [2.45, 2.75) is 0 Å². The van der Waals surface area contributed by atoms with Crippen LogP contribution >= 0.6 is 11.8 Å². The number of nitrogens with zero attached hydrogens (tertiary/aromatic N) is 3. The van der Waals surface area contributed by atoms with Crippen LogP contribution in [0.15, 0.2) is 59.9 Å². The van der Waals surface area contributed by atoms with E-state index in [2.05, 4.69) is 15.0 Å². The molecule has 1 amide bonds. The highest BCUT2D eigenvalue weighted by Gasteiger charge is 2.31. The molecule has 7 nitrogen and oxygen atoms in total. The van der Waals surface area contributed by atoms with Crippen LogP contribution < -0.4 is 4.90 Å². The number of amidine groups is 1. The largest absolute Gasteiger partial charge is 0.481 e. The van der Waals surface area contributed by atoms with Crippen molar-refractivity contribution in [1.29, 1.82) is 0 Å². The normalized spacial score (nSPS) is 18.7. The van der Waals surface area contributed by atoms with Crippen LogP contribution in [0.3, 0.4) is 0 Å². The molecule has 0 bridgehead atoms. The van der Waals surface area contributed by atoms with Crippen LogP contribution in [0.25, 0.3) is 11.0 Å². The number of carboxylic acids is 1. The van der Waals surface area contributed by atoms with Gasteiger partial charge in [-0.05, 0) is 24.3 Å². The first-order valence-electron chi connectivity index (χ1n) is 8.37. The number of para-hydroxylation sites is 1. The number of nitrogens with one attached hydrogen (secondary N) is 1. The van der Waals surface area contributed by atoms with Gasteiger partial charge in [-0.25, -0.2) is 4.98 Å². The van der Waals surface area contributed by atoms with E-state index in [9.17, 15) is 14.7 Å². The number of aromatic nitrogens is 2. The first-order chi connectivity index (χ1) is 13.1. The van der Waals surface area contributed by atoms with Crippen molar-refractivity contribution >= 4 is 45.5 Å². The molecular weight excluding hydrogens is 364 g/mol. The molecule has 1 atom stereocenters. The molecule has 4 rings (SSSR count). The lowest BCUT2D eigenvalue weighted by molar-refractivity contribution is -0.140. The number of H-pyrrole nitrogens is 1. The lowest BCUT2D eigenvalue weighted by atomic mass is 10.1. The van der Waals surface area contributed by atoms with Gasteiger partial charge in [0.25, 0.3) is 5.91 Å². The Morgan fingerprint density at radius 3 is 2.81 bits per heavy atom. The number of carbonyl (C=O) groups is 2. The highest BCUT2D eigenvalue weighted by atomic mass is 32.2. The molecule has 1 aromatic carbocycles. The van der Waals surface area contributed by atoms with Gasteiger partial charge in [-0.15, -0.1) is 0 Å². The van der Waals surface area contributed by atoms with Crippen LogP contribution in [0.4, 0.5) is 5.69 Å². The maximum Gasteiger partial charge on any atom is 0.309 e. The van der Waals surface area contributed by atoms with E-state index in [-0.39, 0.29) is 12.5 Å². The zero-order chi connectivity index (χ0) is 18.8. The van der Waals surface area contributed by atoms with Crippen molar-refractivity contribution in [2.24, 2.45) is 10.9 Å². The summed E-state index contributed by atoms with van der Waals surface area (Å²) in [6.07, 6.45) is 3.25. The summed E-state index contributed by atoms with van der Waals surface area (Å²) >= 11 is 1.28. The molecule has 0 saturated carbocycles. The summed E-state index contributed by atoms with van der Waals surface area (Å²) in [7, 11) is 0. The fourth-order valence-electron chi connectivity index (χ4n) is 2.95. The lowest BCUT2D eigenvalue weighted by Gasteiger charge is -2.32. The predicted molar refractivity (Wildman–Crippen MR) is 105 cm³/mol. The molecule has 0 aliphatic carbocycles. The van der Waals surface area contributed by atoms with Gasteiger partial charge in [-0.2, -0.15) is 4.99 Å². The second-order valence-electron chi connectivity index (χ2n) is 6.09. The van der Waals surface area contributed by atoms with Crippen LogP contribution in [0, 0.1) is 5.92 Å². The summed E-state index contributed by atoms with van der Waals surface area (Å²) in [6.45, 7) is 0.272. The highest BCUT2D eigenvalue weighted by Crippen LogP contribution is 2.28. The van der Waals surface area contributed by atoms with Gasteiger partial charge >= 0.3 is 5.97 Å². The Bertz CT molecular complexity index is 1030. The van der Waals surface area contributed by atoms with Gasteiger partial charge in [-0.3, -0.25) is 9.59 Å². The number of hydrogen-bond acceptors (Lipinski definition) is 4. The van der Waals surface area contributed by atoms with Crippen molar-refractivity contribution in [2.75, 3.05) is 17.2 Å². The minimum absolute atomic E-state index is 0.272. The number of pyridine rings is 1. The Kier molecular flexibility index (Phi) is 4.64. The van der Waals surface area contributed by atoms with Gasteiger partial charge in [0.2, 0.25) is 0 Å². The molecule has 8 heteroatoms. The molecule has 1 fully saturated rings. The second kappa shape index (κ2) is 7.24. The Morgan fingerprint density at radius 2 is 2.04 bits per heavy atom. The number of aliphatic carboxylic acids is 1. The van der Waals surface area contributed by atoms with Gasteiger partial charge in [0.1, 0.15) is 5.65 Å². The number of amides is 1. The third kappa shape index (κ3) is 3.43. The molecule has 3 aromatic rings. The summed E-state index contributed by atoms with van der Waals surface area (Å²) in [5, 5.41) is 10.6. The number of carboxylic acid groups (broad SMARTS) is 1. The van der Waals surface area contributed by atoms with Crippen molar-refractivity contribution in [3.05, 3.63) is 60.4 Å². The standard InChI is InChI=1S/C19H16N4O3S/c24-17(15-9-21-16-14(15)7-4-8-20-16)22-19-23(13-5-2-1-3-6-13)10-12(11-27-19)18(25)26/h1-9,12H,10-11H2,(H,20,21)(H,25,26). The van der Waals surface area contributed by atoms with E-state index in [1.807, 2.05) is 36.4 Å². The zero-order valence-electron chi connectivity index (χ0n) is 14.2. The summed E-state index contributed by atoms with van der Waals surface area (Å²) in [5.41, 5.74) is 1.88. The lowest BCUT2D eigenvalue weighted by Crippen LogP contribution is -2.42. The number of aliphatic imine (C=N–C) groups is 1. The molecule has 136 valence electrons. The average Bonchev–Trinajstić information content (AvgIpc) is 3.13. The fraction of sp³-hybridized carbons (Fsp3) is 0.158. The van der Waals surface area contributed by atoms with Crippen LogP contribution in [-0.2, 0) is 4.79 Å². The van der Waals surface area contributed by atoms with Crippen molar-refractivity contribution < 1.29 is 14.7 Å². The quantitative estimate of drug-likeness (QED) is 0.725. The van der Waals surface area contributed by atoms with E-state index < -0.39 is 11.9 Å². The smallest absolute Gasteiger partial charge is 0.309 e. The number of rotatable bonds is 3. The summed E-state index contributed by atoms with van der Waals surface area (Å²) < 4.78 is 0. The number of thioether (sulfide) groups is 1. The van der Waals surface area contributed by atoms with E-state index in [1.165, 1.54) is 11.8 Å². The van der Waals surface area contributed by atoms with Crippen molar-refractivity contribution in [3.63, 3.8) is 0 Å².